The van der Waals surface area contributed by atoms with Crippen LogP contribution < -0.4 is 5.32 Å². The molecule has 0 spiro atoms. The van der Waals surface area contributed by atoms with E-state index in [1.165, 1.54) is 11.8 Å². The van der Waals surface area contributed by atoms with Crippen LogP contribution in [0.15, 0.2) is 14.8 Å². The lowest BCUT2D eigenvalue weighted by atomic mass is 10.5. The summed E-state index contributed by atoms with van der Waals surface area (Å²) in [7, 11) is 0. The normalized spacial score (nSPS) is 10.7. The summed E-state index contributed by atoms with van der Waals surface area (Å²) >= 11 is 1.24. The molecule has 0 fully saturated rings. The summed E-state index contributed by atoms with van der Waals surface area (Å²) in [6.07, 6.45) is 0.00901. The first-order valence-electron chi connectivity index (χ1n) is 3.83. The van der Waals surface area contributed by atoms with Gasteiger partial charge in [-0.05, 0) is 10.3 Å². The van der Waals surface area contributed by atoms with Crippen molar-refractivity contribution in [2.75, 3.05) is 12.3 Å². The Bertz CT molecular complexity index is 353. The molecule has 0 aromatic carbocycles. The van der Waals surface area contributed by atoms with Crippen molar-refractivity contribution in [3.8, 4) is 0 Å². The molecule has 1 rings (SSSR count). The number of oxime groups is 1. The summed E-state index contributed by atoms with van der Waals surface area (Å²) in [6.45, 7) is 0.280. The first kappa shape index (κ1) is 11.3. The molecule has 8 nitrogen and oxygen atoms in total. The molecule has 9 heteroatoms. The lowest BCUT2D eigenvalue weighted by Gasteiger charge is -1.97. The van der Waals surface area contributed by atoms with Gasteiger partial charge in [0, 0.05) is 12.3 Å². The van der Waals surface area contributed by atoms with Gasteiger partial charge in [-0.3, -0.25) is 0 Å². The third-order valence-electron chi connectivity index (χ3n) is 1.28. The van der Waals surface area contributed by atoms with Gasteiger partial charge in [-0.15, -0.1) is 0 Å². The first-order valence-corrected chi connectivity index (χ1v) is 4.82. The molecule has 0 aliphatic carbocycles. The summed E-state index contributed by atoms with van der Waals surface area (Å²) in [6, 6.07) is 0. The van der Waals surface area contributed by atoms with Crippen LogP contribution in [-0.4, -0.2) is 45.2 Å². The van der Waals surface area contributed by atoms with Crippen LogP contribution >= 0.6 is 11.8 Å². The van der Waals surface area contributed by atoms with E-state index in [0.717, 1.165) is 6.21 Å². The molecule has 0 aliphatic rings. The van der Waals surface area contributed by atoms with Crippen molar-refractivity contribution in [2.24, 2.45) is 5.16 Å². The van der Waals surface area contributed by atoms with E-state index in [4.69, 9.17) is 10.3 Å². The van der Waals surface area contributed by atoms with Gasteiger partial charge in [-0.25, -0.2) is 9.42 Å². The highest BCUT2D eigenvalue weighted by Gasteiger charge is 2.08. The van der Waals surface area contributed by atoms with E-state index in [-0.39, 0.29) is 6.54 Å². The Morgan fingerprint density at radius 3 is 3.13 bits per heavy atom. The quantitative estimate of drug-likeness (QED) is 0.218. The maximum atomic E-state index is 10.1. The molecule has 0 unspecified atom stereocenters. The lowest BCUT2D eigenvalue weighted by molar-refractivity contribution is 0.195. The Hall–Kier alpha value is -1.77. The van der Waals surface area contributed by atoms with Gasteiger partial charge in [-0.2, -0.15) is 0 Å². The highest BCUT2D eigenvalue weighted by atomic mass is 32.2. The Morgan fingerprint density at radius 1 is 1.67 bits per heavy atom. The van der Waals surface area contributed by atoms with Crippen LogP contribution in [0.1, 0.15) is 5.69 Å². The predicted molar refractivity (Wildman–Crippen MR) is 50.4 cm³/mol. The monoisotopic (exact) mass is 232 g/mol. The second-order valence-electron chi connectivity index (χ2n) is 2.28. The zero-order valence-electron chi connectivity index (χ0n) is 7.45. The Morgan fingerprint density at radius 2 is 2.47 bits per heavy atom. The van der Waals surface area contributed by atoms with Crippen LogP contribution in [0.25, 0.3) is 0 Å². The molecule has 0 saturated heterocycles. The van der Waals surface area contributed by atoms with Gasteiger partial charge >= 0.3 is 6.09 Å². The molecule has 0 atom stereocenters. The maximum absolute atomic E-state index is 10.1. The summed E-state index contributed by atoms with van der Waals surface area (Å²) in [5.74, 6) is 0.479. The summed E-state index contributed by atoms with van der Waals surface area (Å²) in [4.78, 5) is 10.1. The van der Waals surface area contributed by atoms with Gasteiger partial charge in [0.1, 0.15) is 0 Å². The van der Waals surface area contributed by atoms with E-state index in [9.17, 15) is 4.79 Å². The molecular formula is C6H8N4O4S. The molecule has 3 N–H and O–H groups in total. The van der Waals surface area contributed by atoms with Crippen LogP contribution in [0.5, 0.6) is 0 Å². The topological polar surface area (TPSA) is 121 Å². The van der Waals surface area contributed by atoms with Crippen LogP contribution in [0.2, 0.25) is 0 Å². The average Bonchev–Trinajstić information content (AvgIpc) is 2.61. The molecule has 1 amide bonds. The number of carbonyl (C=O) groups is 1. The zero-order valence-corrected chi connectivity index (χ0v) is 8.27. The molecule has 0 bridgehead atoms. The first-order chi connectivity index (χ1) is 7.24. The van der Waals surface area contributed by atoms with Crippen molar-refractivity contribution in [1.82, 2.24) is 15.6 Å². The fourth-order valence-electron chi connectivity index (χ4n) is 0.727. The average molecular weight is 232 g/mol. The van der Waals surface area contributed by atoms with Crippen molar-refractivity contribution in [1.29, 1.82) is 0 Å². The van der Waals surface area contributed by atoms with Crippen molar-refractivity contribution < 1.29 is 19.7 Å². The minimum atomic E-state index is -1.08. The number of nitrogens with zero attached hydrogens (tertiary/aromatic N) is 3. The number of thioether (sulfide) groups is 1. The predicted octanol–water partition coefficient (Wildman–Crippen LogP) is 0.237. The minimum Gasteiger partial charge on any atom is -0.465 e. The van der Waals surface area contributed by atoms with E-state index in [2.05, 4.69) is 25.4 Å². The molecule has 1 aromatic rings. The van der Waals surface area contributed by atoms with Gasteiger partial charge in [0.05, 0.1) is 6.21 Å². The van der Waals surface area contributed by atoms with E-state index >= 15 is 0 Å². The van der Waals surface area contributed by atoms with Gasteiger partial charge in [0.2, 0.25) is 0 Å². The van der Waals surface area contributed by atoms with Gasteiger partial charge in [0.15, 0.2) is 10.7 Å². The van der Waals surface area contributed by atoms with E-state index in [1.54, 1.807) is 0 Å². The van der Waals surface area contributed by atoms with E-state index in [0.29, 0.717) is 16.5 Å². The standard InChI is InChI=1S/C6H8N4O4S/c11-6(12)7-1-2-15-5-4(3-8-13)9-14-10-5/h3,7,13H,1-2H2,(H,11,12)/b8-3-. The molecule has 0 aliphatic heterocycles. The smallest absolute Gasteiger partial charge is 0.404 e. The number of carboxylic acid groups (broad SMARTS) is 1. The van der Waals surface area contributed by atoms with Crippen molar-refractivity contribution in [2.45, 2.75) is 5.03 Å². The lowest BCUT2D eigenvalue weighted by Crippen LogP contribution is -2.23. The summed E-state index contributed by atoms with van der Waals surface area (Å²) in [5, 5.41) is 29.0. The third-order valence-corrected chi connectivity index (χ3v) is 2.24. The molecule has 1 aromatic heterocycles. The number of nitrogens with one attached hydrogen (secondary N) is 1. The third kappa shape index (κ3) is 3.85. The number of hydrogen-bond donors (Lipinski definition) is 3. The van der Waals surface area contributed by atoms with Crippen LogP contribution in [-0.2, 0) is 0 Å². The van der Waals surface area contributed by atoms with Gasteiger partial charge in [0.25, 0.3) is 0 Å². The Labute approximate surface area is 88.3 Å². The van der Waals surface area contributed by atoms with Gasteiger partial charge < -0.3 is 15.6 Å². The minimum absolute atomic E-state index is 0.280. The van der Waals surface area contributed by atoms with Crippen LogP contribution in [0, 0.1) is 0 Å². The Balaban J connectivity index is 2.36. The van der Waals surface area contributed by atoms with Crippen molar-refractivity contribution in [3.05, 3.63) is 5.69 Å². The zero-order chi connectivity index (χ0) is 11.1. The maximum Gasteiger partial charge on any atom is 0.404 e. The van der Waals surface area contributed by atoms with Crippen LogP contribution in [0.3, 0.4) is 0 Å². The van der Waals surface area contributed by atoms with Crippen molar-refractivity contribution >= 4 is 24.1 Å². The fourth-order valence-corrected chi connectivity index (χ4v) is 1.45. The Kier molecular flexibility index (Phi) is 4.41. The number of hydrogen-bond acceptors (Lipinski definition) is 7. The van der Waals surface area contributed by atoms with Crippen molar-refractivity contribution in [3.63, 3.8) is 0 Å². The number of amides is 1. The molecule has 15 heavy (non-hydrogen) atoms. The van der Waals surface area contributed by atoms with E-state index in [1.807, 2.05) is 0 Å². The fraction of sp³-hybridized carbons (Fsp3) is 0.333. The summed E-state index contributed by atoms with van der Waals surface area (Å²) < 4.78 is 4.42. The molecule has 82 valence electrons. The SMILES string of the molecule is O=C(O)NCCSc1nonc1/C=N\O. The largest absolute Gasteiger partial charge is 0.465 e. The summed E-state index contributed by atoms with van der Waals surface area (Å²) in [5.41, 5.74) is 0.304. The van der Waals surface area contributed by atoms with Gasteiger partial charge in [-0.1, -0.05) is 16.9 Å². The van der Waals surface area contributed by atoms with E-state index < -0.39 is 6.09 Å². The number of aromatic nitrogens is 2. The highest BCUT2D eigenvalue weighted by Crippen LogP contribution is 2.16. The highest BCUT2D eigenvalue weighted by molar-refractivity contribution is 7.99. The molecular weight excluding hydrogens is 224 g/mol. The molecule has 0 radical (unpaired) electrons. The number of rotatable bonds is 5. The second-order valence-corrected chi connectivity index (χ2v) is 3.36. The molecule has 1 heterocycles. The second kappa shape index (κ2) is 5.86. The molecule has 0 saturated carbocycles. The van der Waals surface area contributed by atoms with Crippen LogP contribution in [0.4, 0.5) is 4.79 Å².